The maximum atomic E-state index is 11.8. The van der Waals surface area contributed by atoms with Gasteiger partial charge in [0.2, 0.25) is 5.95 Å². The van der Waals surface area contributed by atoms with Crippen molar-refractivity contribution < 1.29 is 9.18 Å². The van der Waals surface area contributed by atoms with E-state index in [0.29, 0.717) is 6.54 Å². The third-order valence-electron chi connectivity index (χ3n) is 1.71. The van der Waals surface area contributed by atoms with Crippen molar-refractivity contribution in [3.8, 4) is 0 Å². The standard InChI is InChI=1S/C6H14N2O.C5H4FN/c1-2-3-4-5-8-6(7)9;6-5-3-1-2-4-7-5/h2-5H2,1H3,(H3,7,8,9);1-4H. The van der Waals surface area contributed by atoms with Gasteiger partial charge in [-0.2, -0.15) is 4.39 Å². The highest BCUT2D eigenvalue weighted by atomic mass is 19.1. The number of primary amides is 1. The van der Waals surface area contributed by atoms with Crippen LogP contribution in [0.25, 0.3) is 0 Å². The van der Waals surface area contributed by atoms with Crippen LogP contribution in [-0.2, 0) is 0 Å². The quantitative estimate of drug-likeness (QED) is 0.610. The van der Waals surface area contributed by atoms with Crippen molar-refractivity contribution in [2.45, 2.75) is 26.2 Å². The zero-order valence-corrected chi connectivity index (χ0v) is 9.45. The van der Waals surface area contributed by atoms with Crippen LogP contribution in [0.4, 0.5) is 9.18 Å². The second-order valence-corrected chi connectivity index (χ2v) is 3.15. The van der Waals surface area contributed by atoms with Crippen molar-refractivity contribution in [2.24, 2.45) is 5.73 Å². The number of halogens is 1. The van der Waals surface area contributed by atoms with E-state index in [1.807, 2.05) is 0 Å². The largest absolute Gasteiger partial charge is 0.352 e. The van der Waals surface area contributed by atoms with E-state index in [4.69, 9.17) is 5.73 Å². The number of rotatable bonds is 4. The molecule has 0 aliphatic heterocycles. The Morgan fingerprint density at radius 1 is 1.50 bits per heavy atom. The summed E-state index contributed by atoms with van der Waals surface area (Å²) in [7, 11) is 0. The maximum absolute atomic E-state index is 11.8. The van der Waals surface area contributed by atoms with E-state index in [2.05, 4.69) is 17.2 Å². The van der Waals surface area contributed by atoms with Gasteiger partial charge in [-0.1, -0.05) is 25.8 Å². The minimum atomic E-state index is -0.428. The molecule has 2 amide bonds. The molecule has 90 valence electrons. The van der Waals surface area contributed by atoms with Crippen LogP contribution in [-0.4, -0.2) is 17.6 Å². The molecule has 1 aromatic rings. The van der Waals surface area contributed by atoms with Gasteiger partial charge in [-0.25, -0.2) is 9.78 Å². The number of carbonyl (C=O) groups is 1. The van der Waals surface area contributed by atoms with Gasteiger partial charge in [0.05, 0.1) is 0 Å². The highest BCUT2D eigenvalue weighted by Crippen LogP contribution is 1.90. The zero-order chi connectivity index (χ0) is 12.2. The molecule has 0 atom stereocenters. The summed E-state index contributed by atoms with van der Waals surface area (Å²) in [4.78, 5) is 13.4. The van der Waals surface area contributed by atoms with Crippen molar-refractivity contribution in [3.63, 3.8) is 0 Å². The molecule has 1 aromatic heterocycles. The summed E-state index contributed by atoms with van der Waals surface area (Å²) in [5.74, 6) is -0.428. The SMILES string of the molecule is CCCCCNC(N)=O.Fc1ccccn1. The number of nitrogens with one attached hydrogen (secondary N) is 1. The van der Waals surface area contributed by atoms with E-state index in [1.54, 1.807) is 12.1 Å². The molecule has 0 radical (unpaired) electrons. The molecule has 0 spiro atoms. The molecule has 4 nitrogen and oxygen atoms in total. The number of carbonyl (C=O) groups excluding carboxylic acids is 1. The lowest BCUT2D eigenvalue weighted by Gasteiger charge is -1.97. The van der Waals surface area contributed by atoms with E-state index in [1.165, 1.54) is 18.7 Å². The van der Waals surface area contributed by atoms with E-state index < -0.39 is 12.0 Å². The molecule has 1 rings (SSSR count). The predicted molar refractivity (Wildman–Crippen MR) is 61.3 cm³/mol. The first-order valence-corrected chi connectivity index (χ1v) is 5.26. The molecular formula is C11H18FN3O. The van der Waals surface area contributed by atoms with Gasteiger partial charge in [0.1, 0.15) is 0 Å². The van der Waals surface area contributed by atoms with Gasteiger partial charge in [-0.15, -0.1) is 0 Å². The summed E-state index contributed by atoms with van der Waals surface area (Å²) in [5.41, 5.74) is 4.82. The highest BCUT2D eigenvalue weighted by molar-refractivity contribution is 5.71. The van der Waals surface area contributed by atoms with E-state index in [0.717, 1.165) is 12.8 Å². The highest BCUT2D eigenvalue weighted by Gasteiger charge is 1.88. The summed E-state index contributed by atoms with van der Waals surface area (Å²) >= 11 is 0. The lowest BCUT2D eigenvalue weighted by Crippen LogP contribution is -2.29. The van der Waals surface area contributed by atoms with Gasteiger partial charge in [-0.05, 0) is 18.6 Å². The Hall–Kier alpha value is -1.65. The lowest BCUT2D eigenvalue weighted by atomic mass is 10.2. The van der Waals surface area contributed by atoms with E-state index in [-0.39, 0.29) is 0 Å². The van der Waals surface area contributed by atoms with Gasteiger partial charge in [-0.3, -0.25) is 0 Å². The molecule has 5 heteroatoms. The molecule has 0 saturated carbocycles. The second kappa shape index (κ2) is 9.89. The molecule has 0 aromatic carbocycles. The number of nitrogens with two attached hydrogens (primary N) is 1. The number of unbranched alkanes of at least 4 members (excludes halogenated alkanes) is 2. The third-order valence-corrected chi connectivity index (χ3v) is 1.71. The number of hydrogen-bond donors (Lipinski definition) is 2. The summed E-state index contributed by atoms with van der Waals surface area (Å²) in [6.45, 7) is 2.83. The van der Waals surface area contributed by atoms with Crippen molar-refractivity contribution in [1.29, 1.82) is 0 Å². The molecule has 0 bridgehead atoms. The normalized spacial score (nSPS) is 8.88. The number of urea groups is 1. The third kappa shape index (κ3) is 10.4. The monoisotopic (exact) mass is 227 g/mol. The molecule has 1 heterocycles. The average molecular weight is 227 g/mol. The Morgan fingerprint density at radius 2 is 2.25 bits per heavy atom. The van der Waals surface area contributed by atoms with Gasteiger partial charge < -0.3 is 11.1 Å². The summed E-state index contributed by atoms with van der Waals surface area (Å²) in [6, 6.07) is 4.15. The van der Waals surface area contributed by atoms with Gasteiger partial charge in [0, 0.05) is 12.7 Å². The fourth-order valence-electron chi connectivity index (χ4n) is 0.929. The van der Waals surface area contributed by atoms with Crippen LogP contribution in [0.1, 0.15) is 26.2 Å². The Bertz CT molecular complexity index is 280. The number of aromatic nitrogens is 1. The first-order valence-electron chi connectivity index (χ1n) is 5.26. The fraction of sp³-hybridized carbons (Fsp3) is 0.455. The molecule has 0 saturated heterocycles. The number of amides is 2. The van der Waals surface area contributed by atoms with E-state index in [9.17, 15) is 9.18 Å². The Morgan fingerprint density at radius 3 is 2.62 bits per heavy atom. The number of hydrogen-bond acceptors (Lipinski definition) is 2. The van der Waals surface area contributed by atoms with Crippen LogP contribution in [0, 0.1) is 5.95 Å². The molecule has 16 heavy (non-hydrogen) atoms. The molecular weight excluding hydrogens is 209 g/mol. The average Bonchev–Trinajstić information content (AvgIpc) is 2.26. The first-order chi connectivity index (χ1) is 7.66. The van der Waals surface area contributed by atoms with Crippen LogP contribution >= 0.6 is 0 Å². The van der Waals surface area contributed by atoms with Gasteiger partial charge in [0.25, 0.3) is 0 Å². The fourth-order valence-corrected chi connectivity index (χ4v) is 0.929. The maximum Gasteiger partial charge on any atom is 0.312 e. The van der Waals surface area contributed by atoms with Crippen LogP contribution in [0.3, 0.4) is 0 Å². The summed E-state index contributed by atoms with van der Waals surface area (Å²) in [5, 5.41) is 2.52. The minimum absolute atomic E-state index is 0.425. The number of nitrogens with zero attached hydrogens (tertiary/aromatic N) is 1. The first kappa shape index (κ1) is 14.3. The van der Waals surface area contributed by atoms with Gasteiger partial charge in [0.15, 0.2) is 0 Å². The van der Waals surface area contributed by atoms with Crippen molar-refractivity contribution in [1.82, 2.24) is 10.3 Å². The molecule has 3 N–H and O–H groups in total. The van der Waals surface area contributed by atoms with Crippen molar-refractivity contribution in [3.05, 3.63) is 30.3 Å². The molecule has 0 aliphatic rings. The Labute approximate surface area is 95.1 Å². The topological polar surface area (TPSA) is 68.0 Å². The zero-order valence-electron chi connectivity index (χ0n) is 9.45. The van der Waals surface area contributed by atoms with Crippen LogP contribution in [0.2, 0.25) is 0 Å². The molecule has 0 aliphatic carbocycles. The van der Waals surface area contributed by atoms with Crippen LogP contribution in [0.15, 0.2) is 24.4 Å². The van der Waals surface area contributed by atoms with Crippen LogP contribution in [0.5, 0.6) is 0 Å². The smallest absolute Gasteiger partial charge is 0.312 e. The summed E-state index contributed by atoms with van der Waals surface area (Å²) < 4.78 is 11.8. The van der Waals surface area contributed by atoms with Crippen molar-refractivity contribution >= 4 is 6.03 Å². The second-order valence-electron chi connectivity index (χ2n) is 3.15. The minimum Gasteiger partial charge on any atom is -0.352 e. The van der Waals surface area contributed by atoms with E-state index >= 15 is 0 Å². The van der Waals surface area contributed by atoms with Crippen molar-refractivity contribution in [2.75, 3.05) is 6.54 Å². The Kier molecular flexibility index (Phi) is 8.87. The Balaban J connectivity index is 0.000000288. The molecule has 0 fully saturated rings. The van der Waals surface area contributed by atoms with Gasteiger partial charge >= 0.3 is 6.03 Å². The van der Waals surface area contributed by atoms with Crippen LogP contribution < -0.4 is 11.1 Å². The predicted octanol–water partition coefficient (Wildman–Crippen LogP) is 2.07. The summed E-state index contributed by atoms with van der Waals surface area (Å²) in [6.07, 6.45) is 4.76. The lowest BCUT2D eigenvalue weighted by molar-refractivity contribution is 0.248. The number of pyridine rings is 1. The molecule has 0 unspecified atom stereocenters.